The van der Waals surface area contributed by atoms with E-state index in [1.54, 1.807) is 6.33 Å². The summed E-state index contributed by atoms with van der Waals surface area (Å²) in [5, 5.41) is 0. The molecule has 96 valence electrons. The highest BCUT2D eigenvalue weighted by Crippen LogP contribution is 2.16. The highest BCUT2D eigenvalue weighted by atomic mass is 16.6. The monoisotopic (exact) mass is 255 g/mol. The molecule has 0 saturated carbocycles. The first-order valence-electron chi connectivity index (χ1n) is 5.88. The first-order valence-corrected chi connectivity index (χ1v) is 5.88. The number of benzene rings is 1. The molecule has 0 aliphatic rings. The van der Waals surface area contributed by atoms with Gasteiger partial charge in [-0.1, -0.05) is 30.3 Å². The molecule has 0 bridgehead atoms. The maximum atomic E-state index is 5.43. The normalized spacial score (nSPS) is 10.8. The molecule has 0 saturated heterocycles. The number of anilines is 1. The maximum absolute atomic E-state index is 5.43. The Morgan fingerprint density at radius 2 is 2.00 bits per heavy atom. The number of rotatable bonds is 4. The number of aromatic nitrogens is 4. The average Bonchev–Trinajstić information content (AvgIpc) is 2.83. The fourth-order valence-electron chi connectivity index (χ4n) is 1.78. The number of fused-ring (bicyclic) bond motifs is 1. The Kier molecular flexibility index (Phi) is 3.07. The van der Waals surface area contributed by atoms with Gasteiger partial charge in [-0.3, -0.25) is 4.84 Å². The fraction of sp³-hybridized carbons (Fsp3) is 0.154. The van der Waals surface area contributed by atoms with Gasteiger partial charge in [0.15, 0.2) is 17.0 Å². The van der Waals surface area contributed by atoms with Crippen LogP contribution in [0.2, 0.25) is 0 Å². The second-order valence-electron chi connectivity index (χ2n) is 4.13. The van der Waals surface area contributed by atoms with Gasteiger partial charge in [-0.15, -0.1) is 0 Å². The number of imidazole rings is 1. The highest BCUT2D eigenvalue weighted by molar-refractivity contribution is 5.81. The molecule has 6 heteroatoms. The van der Waals surface area contributed by atoms with E-state index in [9.17, 15) is 0 Å². The van der Waals surface area contributed by atoms with Crippen molar-refractivity contribution in [3.05, 3.63) is 48.5 Å². The maximum Gasteiger partial charge on any atom is 0.181 e. The van der Waals surface area contributed by atoms with E-state index in [1.165, 1.54) is 6.33 Å². The molecule has 3 rings (SSSR count). The Balaban J connectivity index is 1.72. The Labute approximate surface area is 110 Å². The van der Waals surface area contributed by atoms with Crippen LogP contribution >= 0.6 is 0 Å². The lowest BCUT2D eigenvalue weighted by atomic mass is 10.2. The van der Waals surface area contributed by atoms with Crippen molar-refractivity contribution in [1.82, 2.24) is 19.5 Å². The van der Waals surface area contributed by atoms with E-state index in [4.69, 9.17) is 4.84 Å². The van der Waals surface area contributed by atoms with E-state index < -0.39 is 0 Å². The molecule has 0 aliphatic carbocycles. The quantitative estimate of drug-likeness (QED) is 0.721. The second kappa shape index (κ2) is 5.03. The molecule has 0 fully saturated rings. The molecule has 19 heavy (non-hydrogen) atoms. The lowest BCUT2D eigenvalue weighted by Gasteiger charge is -2.06. The van der Waals surface area contributed by atoms with Crippen LogP contribution in [0.5, 0.6) is 0 Å². The zero-order chi connectivity index (χ0) is 13.1. The summed E-state index contributed by atoms with van der Waals surface area (Å²) >= 11 is 0. The second-order valence-corrected chi connectivity index (χ2v) is 4.13. The van der Waals surface area contributed by atoms with Crippen molar-refractivity contribution in [3.63, 3.8) is 0 Å². The van der Waals surface area contributed by atoms with Crippen LogP contribution in [0.25, 0.3) is 11.2 Å². The van der Waals surface area contributed by atoms with Gasteiger partial charge in [-0.25, -0.2) is 20.4 Å². The minimum absolute atomic E-state index is 0.458. The number of hydrogen-bond acceptors (Lipinski definition) is 5. The van der Waals surface area contributed by atoms with Gasteiger partial charge in [-0.05, 0) is 5.56 Å². The van der Waals surface area contributed by atoms with Crippen LogP contribution < -0.4 is 5.48 Å². The summed E-state index contributed by atoms with van der Waals surface area (Å²) in [5.74, 6) is 0.571. The highest BCUT2D eigenvalue weighted by Gasteiger charge is 2.07. The SMILES string of the molecule is Cn1cnc2c(NOCc3ccccc3)ncnc21. The Morgan fingerprint density at radius 1 is 1.16 bits per heavy atom. The first-order chi connectivity index (χ1) is 9.34. The van der Waals surface area contributed by atoms with Crippen molar-refractivity contribution in [2.24, 2.45) is 7.05 Å². The molecule has 0 spiro atoms. The third-order valence-electron chi connectivity index (χ3n) is 2.75. The lowest BCUT2D eigenvalue weighted by molar-refractivity contribution is 0.179. The van der Waals surface area contributed by atoms with Gasteiger partial charge in [0.25, 0.3) is 0 Å². The van der Waals surface area contributed by atoms with Gasteiger partial charge in [0.2, 0.25) is 0 Å². The smallest absolute Gasteiger partial charge is 0.181 e. The number of hydrogen-bond donors (Lipinski definition) is 1. The Hall–Kier alpha value is -2.47. The number of nitrogens with zero attached hydrogens (tertiary/aromatic N) is 4. The first kappa shape index (κ1) is 11.6. The fourth-order valence-corrected chi connectivity index (χ4v) is 1.78. The van der Waals surface area contributed by atoms with E-state index in [-0.39, 0.29) is 0 Å². The van der Waals surface area contributed by atoms with E-state index in [2.05, 4.69) is 20.4 Å². The molecular weight excluding hydrogens is 242 g/mol. The van der Waals surface area contributed by atoms with Crippen LogP contribution in [0.4, 0.5) is 5.82 Å². The predicted octanol–water partition coefficient (Wildman–Crippen LogP) is 1.91. The molecule has 0 radical (unpaired) electrons. The van der Waals surface area contributed by atoms with Gasteiger partial charge >= 0.3 is 0 Å². The zero-order valence-electron chi connectivity index (χ0n) is 10.4. The van der Waals surface area contributed by atoms with Gasteiger partial charge in [0.05, 0.1) is 12.9 Å². The van der Waals surface area contributed by atoms with E-state index in [0.29, 0.717) is 17.9 Å². The molecule has 0 amide bonds. The van der Waals surface area contributed by atoms with Gasteiger partial charge in [0.1, 0.15) is 6.33 Å². The van der Waals surface area contributed by atoms with Crippen molar-refractivity contribution in [3.8, 4) is 0 Å². The summed E-state index contributed by atoms with van der Waals surface area (Å²) in [6.45, 7) is 0.458. The number of aryl methyl sites for hydroxylation is 1. The molecule has 2 aromatic heterocycles. The van der Waals surface area contributed by atoms with E-state index in [0.717, 1.165) is 11.2 Å². The summed E-state index contributed by atoms with van der Waals surface area (Å²) in [4.78, 5) is 18.0. The van der Waals surface area contributed by atoms with Crippen LogP contribution in [0, 0.1) is 0 Å². The van der Waals surface area contributed by atoms with Gasteiger partial charge in [0, 0.05) is 7.05 Å². The summed E-state index contributed by atoms with van der Waals surface area (Å²) < 4.78 is 1.83. The summed E-state index contributed by atoms with van der Waals surface area (Å²) in [6.07, 6.45) is 3.18. The van der Waals surface area contributed by atoms with Gasteiger partial charge < -0.3 is 4.57 Å². The molecule has 0 aliphatic heterocycles. The lowest BCUT2D eigenvalue weighted by Crippen LogP contribution is -2.04. The Bertz CT molecular complexity index is 680. The van der Waals surface area contributed by atoms with Crippen LogP contribution in [0.3, 0.4) is 0 Å². The molecule has 1 aromatic carbocycles. The van der Waals surface area contributed by atoms with Crippen LogP contribution in [-0.4, -0.2) is 19.5 Å². The minimum Gasteiger partial charge on any atom is -0.318 e. The number of nitrogens with one attached hydrogen (secondary N) is 1. The van der Waals surface area contributed by atoms with E-state index in [1.807, 2.05) is 41.9 Å². The topological polar surface area (TPSA) is 64.9 Å². The molecule has 1 N–H and O–H groups in total. The summed E-state index contributed by atoms with van der Waals surface area (Å²) in [5.41, 5.74) is 5.36. The molecular formula is C13H13N5O. The van der Waals surface area contributed by atoms with Crippen LogP contribution in [0.15, 0.2) is 43.0 Å². The summed E-state index contributed by atoms with van der Waals surface area (Å²) in [6, 6.07) is 9.91. The zero-order valence-corrected chi connectivity index (χ0v) is 10.4. The van der Waals surface area contributed by atoms with Crippen molar-refractivity contribution in [2.75, 3.05) is 5.48 Å². The molecule has 2 heterocycles. The standard InChI is InChI=1S/C13H13N5O/c1-18-9-16-11-12(14-8-15-13(11)18)17-19-7-10-5-3-2-4-6-10/h2-6,8-9H,7H2,1H3,(H,14,15,17). The van der Waals surface area contributed by atoms with E-state index >= 15 is 0 Å². The average molecular weight is 255 g/mol. The Morgan fingerprint density at radius 3 is 2.84 bits per heavy atom. The van der Waals surface area contributed by atoms with Gasteiger partial charge in [-0.2, -0.15) is 0 Å². The van der Waals surface area contributed by atoms with Crippen molar-refractivity contribution >= 4 is 17.0 Å². The minimum atomic E-state index is 0.458. The predicted molar refractivity (Wildman–Crippen MR) is 71.2 cm³/mol. The van der Waals surface area contributed by atoms with Crippen molar-refractivity contribution < 1.29 is 4.84 Å². The van der Waals surface area contributed by atoms with Crippen LogP contribution in [-0.2, 0) is 18.5 Å². The largest absolute Gasteiger partial charge is 0.318 e. The van der Waals surface area contributed by atoms with Crippen molar-refractivity contribution in [1.29, 1.82) is 0 Å². The summed E-state index contributed by atoms with van der Waals surface area (Å²) in [7, 11) is 1.89. The van der Waals surface area contributed by atoms with Crippen LogP contribution in [0.1, 0.15) is 5.56 Å². The molecule has 6 nitrogen and oxygen atoms in total. The molecule has 0 atom stereocenters. The third kappa shape index (κ3) is 2.38. The van der Waals surface area contributed by atoms with Crippen molar-refractivity contribution in [2.45, 2.75) is 6.61 Å². The molecule has 3 aromatic rings. The molecule has 0 unspecified atom stereocenters. The third-order valence-corrected chi connectivity index (χ3v) is 2.75.